The molecular formula is C17H13FN2O3S. The van der Waals surface area contributed by atoms with Gasteiger partial charge in [-0.15, -0.1) is 11.3 Å². The maximum Gasteiger partial charge on any atom is 0.348 e. The summed E-state index contributed by atoms with van der Waals surface area (Å²) in [7, 11) is 1.25. The van der Waals surface area contributed by atoms with Crippen LogP contribution in [0.25, 0.3) is 6.08 Å². The van der Waals surface area contributed by atoms with Gasteiger partial charge >= 0.3 is 5.97 Å². The lowest BCUT2D eigenvalue weighted by molar-refractivity contribution is -0.111. The second-order valence-corrected chi connectivity index (χ2v) is 5.76. The average molecular weight is 344 g/mol. The first-order valence-corrected chi connectivity index (χ1v) is 7.64. The van der Waals surface area contributed by atoms with Gasteiger partial charge in [-0.25, -0.2) is 9.18 Å². The number of rotatable bonds is 4. The number of nitrogens with one attached hydrogen (secondary N) is 1. The van der Waals surface area contributed by atoms with Crippen molar-refractivity contribution in [3.05, 3.63) is 57.7 Å². The molecular weight excluding hydrogens is 331 g/mol. The number of ether oxygens (including phenoxy) is 1. The largest absolute Gasteiger partial charge is 0.465 e. The molecule has 24 heavy (non-hydrogen) atoms. The minimum absolute atomic E-state index is 0.226. The molecule has 0 radical (unpaired) electrons. The van der Waals surface area contributed by atoms with Crippen LogP contribution in [0.2, 0.25) is 0 Å². The minimum Gasteiger partial charge on any atom is -0.465 e. The lowest BCUT2D eigenvalue weighted by Gasteiger charge is -1.99. The molecule has 1 aromatic carbocycles. The first-order chi connectivity index (χ1) is 11.5. The maximum absolute atomic E-state index is 12.8. The van der Waals surface area contributed by atoms with E-state index in [0.29, 0.717) is 11.1 Å². The van der Waals surface area contributed by atoms with Crippen LogP contribution in [0.4, 0.5) is 9.39 Å². The van der Waals surface area contributed by atoms with Crippen molar-refractivity contribution in [3.63, 3.8) is 0 Å². The van der Waals surface area contributed by atoms with Crippen LogP contribution >= 0.6 is 11.3 Å². The highest BCUT2D eigenvalue weighted by Crippen LogP contribution is 2.32. The summed E-state index contributed by atoms with van der Waals surface area (Å²) < 4.78 is 17.5. The number of nitriles is 1. The van der Waals surface area contributed by atoms with E-state index in [-0.39, 0.29) is 21.3 Å². The maximum atomic E-state index is 12.8. The van der Waals surface area contributed by atoms with Gasteiger partial charge in [0.2, 0.25) is 5.91 Å². The summed E-state index contributed by atoms with van der Waals surface area (Å²) in [5.74, 6) is -1.38. The minimum atomic E-state index is -0.559. The highest BCUT2D eigenvalue weighted by molar-refractivity contribution is 7.18. The molecule has 7 heteroatoms. The van der Waals surface area contributed by atoms with Gasteiger partial charge in [0.25, 0.3) is 0 Å². The summed E-state index contributed by atoms with van der Waals surface area (Å²) in [6.07, 6.45) is 2.78. The standard InChI is InChI=1S/C17H13FN2O3S/c1-10-13(9-19)16(24-15(10)17(22)23-2)20-14(21)8-5-11-3-6-12(18)7-4-11/h3-8H,1-2H3,(H,20,21)/b8-5+. The van der Waals surface area contributed by atoms with E-state index >= 15 is 0 Å². The molecule has 0 aliphatic heterocycles. The van der Waals surface area contributed by atoms with Crippen molar-refractivity contribution in [3.8, 4) is 6.07 Å². The van der Waals surface area contributed by atoms with Crippen molar-refractivity contribution < 1.29 is 18.7 Å². The van der Waals surface area contributed by atoms with Crippen LogP contribution in [-0.2, 0) is 9.53 Å². The summed E-state index contributed by atoms with van der Waals surface area (Å²) in [4.78, 5) is 23.9. The quantitative estimate of drug-likeness (QED) is 0.680. The van der Waals surface area contributed by atoms with Gasteiger partial charge in [-0.05, 0) is 36.3 Å². The Labute approximate surface area is 142 Å². The molecule has 0 saturated carbocycles. The number of esters is 1. The van der Waals surface area contributed by atoms with Crippen molar-refractivity contribution >= 4 is 34.3 Å². The van der Waals surface area contributed by atoms with Crippen molar-refractivity contribution in [2.45, 2.75) is 6.92 Å². The van der Waals surface area contributed by atoms with E-state index in [9.17, 15) is 19.2 Å². The molecule has 0 spiro atoms. The third-order valence-electron chi connectivity index (χ3n) is 3.16. The number of halogens is 1. The fraction of sp³-hybridized carbons (Fsp3) is 0.118. The van der Waals surface area contributed by atoms with E-state index < -0.39 is 11.9 Å². The fourth-order valence-corrected chi connectivity index (χ4v) is 3.00. The Morgan fingerprint density at radius 2 is 2.00 bits per heavy atom. The Hall–Kier alpha value is -2.98. The summed E-state index contributed by atoms with van der Waals surface area (Å²) in [5, 5.41) is 12.1. The van der Waals surface area contributed by atoms with Crippen LogP contribution in [0, 0.1) is 24.1 Å². The van der Waals surface area contributed by atoms with E-state index in [0.717, 1.165) is 11.3 Å². The second kappa shape index (κ2) is 7.53. The molecule has 0 aliphatic rings. The van der Waals surface area contributed by atoms with E-state index in [1.54, 1.807) is 6.92 Å². The molecule has 0 atom stereocenters. The fourth-order valence-electron chi connectivity index (χ4n) is 1.92. The number of nitrogens with zero attached hydrogens (tertiary/aromatic N) is 1. The first kappa shape index (κ1) is 17.4. The van der Waals surface area contributed by atoms with Crippen LogP contribution in [0.5, 0.6) is 0 Å². The van der Waals surface area contributed by atoms with E-state index in [1.165, 1.54) is 43.5 Å². The number of benzene rings is 1. The zero-order valence-electron chi connectivity index (χ0n) is 12.9. The molecule has 5 nitrogen and oxygen atoms in total. The van der Waals surface area contributed by atoms with Gasteiger partial charge in [0, 0.05) is 6.08 Å². The summed E-state index contributed by atoms with van der Waals surface area (Å²) >= 11 is 0.983. The molecule has 1 heterocycles. The molecule has 0 aliphatic carbocycles. The van der Waals surface area contributed by atoms with Crippen molar-refractivity contribution in [2.75, 3.05) is 12.4 Å². The number of anilines is 1. The molecule has 2 aromatic rings. The second-order valence-electron chi connectivity index (χ2n) is 4.74. The summed E-state index contributed by atoms with van der Waals surface area (Å²) in [6.45, 7) is 1.62. The Morgan fingerprint density at radius 3 is 2.58 bits per heavy atom. The topological polar surface area (TPSA) is 79.2 Å². The van der Waals surface area contributed by atoms with Crippen molar-refractivity contribution in [1.82, 2.24) is 0 Å². The zero-order valence-corrected chi connectivity index (χ0v) is 13.7. The SMILES string of the molecule is COC(=O)c1sc(NC(=O)/C=C/c2ccc(F)cc2)c(C#N)c1C. The number of thiophene rings is 1. The molecule has 0 fully saturated rings. The van der Waals surface area contributed by atoms with Gasteiger partial charge in [0.15, 0.2) is 0 Å². The molecule has 1 N–H and O–H groups in total. The van der Waals surface area contributed by atoms with Crippen LogP contribution in [0.15, 0.2) is 30.3 Å². The van der Waals surface area contributed by atoms with Gasteiger partial charge < -0.3 is 10.1 Å². The molecule has 0 saturated heterocycles. The van der Waals surface area contributed by atoms with Gasteiger partial charge in [0.05, 0.1) is 12.7 Å². The van der Waals surface area contributed by atoms with Gasteiger partial charge in [-0.1, -0.05) is 12.1 Å². The smallest absolute Gasteiger partial charge is 0.348 e. The molecule has 122 valence electrons. The Balaban J connectivity index is 2.18. The predicted octanol–water partition coefficient (Wildman–Crippen LogP) is 3.51. The lowest BCUT2D eigenvalue weighted by atomic mass is 10.1. The Bertz CT molecular complexity index is 848. The zero-order chi connectivity index (χ0) is 17.7. The van der Waals surface area contributed by atoms with E-state index in [1.807, 2.05) is 6.07 Å². The van der Waals surface area contributed by atoms with Gasteiger partial charge in [-0.3, -0.25) is 4.79 Å². The molecule has 0 unspecified atom stereocenters. The number of amides is 1. The van der Waals surface area contributed by atoms with Crippen LogP contribution in [0.1, 0.15) is 26.4 Å². The monoisotopic (exact) mass is 344 g/mol. The van der Waals surface area contributed by atoms with Gasteiger partial charge in [-0.2, -0.15) is 5.26 Å². The number of hydrogen-bond acceptors (Lipinski definition) is 5. The molecule has 0 bridgehead atoms. The number of methoxy groups -OCH3 is 1. The van der Waals surface area contributed by atoms with Crippen molar-refractivity contribution in [2.24, 2.45) is 0 Å². The molecule has 1 aromatic heterocycles. The summed E-state index contributed by atoms with van der Waals surface area (Å²) in [6, 6.07) is 7.61. The predicted molar refractivity (Wildman–Crippen MR) is 89.2 cm³/mol. The molecule has 2 rings (SSSR count). The first-order valence-electron chi connectivity index (χ1n) is 6.82. The molecule has 1 amide bonds. The third-order valence-corrected chi connectivity index (χ3v) is 4.35. The van der Waals surface area contributed by atoms with E-state index in [2.05, 4.69) is 10.1 Å². The van der Waals surface area contributed by atoms with Crippen LogP contribution in [-0.4, -0.2) is 19.0 Å². The van der Waals surface area contributed by atoms with E-state index in [4.69, 9.17) is 0 Å². The number of carbonyl (C=O) groups is 2. The summed E-state index contributed by atoms with van der Waals surface area (Å²) in [5.41, 5.74) is 1.35. The van der Waals surface area contributed by atoms with Crippen molar-refractivity contribution in [1.29, 1.82) is 5.26 Å². The third kappa shape index (κ3) is 3.86. The lowest BCUT2D eigenvalue weighted by Crippen LogP contribution is -2.07. The highest BCUT2D eigenvalue weighted by Gasteiger charge is 2.21. The van der Waals surface area contributed by atoms with Gasteiger partial charge in [0.1, 0.15) is 21.8 Å². The Kier molecular flexibility index (Phi) is 5.45. The number of hydrogen-bond donors (Lipinski definition) is 1. The normalized spacial score (nSPS) is 10.4. The number of carbonyl (C=O) groups excluding carboxylic acids is 2. The van der Waals surface area contributed by atoms with Crippen LogP contribution < -0.4 is 5.32 Å². The Morgan fingerprint density at radius 1 is 1.33 bits per heavy atom. The average Bonchev–Trinajstić information content (AvgIpc) is 2.89. The van der Waals surface area contributed by atoms with Crippen LogP contribution in [0.3, 0.4) is 0 Å². The highest BCUT2D eigenvalue weighted by atomic mass is 32.1.